The van der Waals surface area contributed by atoms with Gasteiger partial charge in [-0.25, -0.2) is 0 Å². The van der Waals surface area contributed by atoms with E-state index in [4.69, 9.17) is 4.52 Å². The maximum atomic E-state index is 12.7. The summed E-state index contributed by atoms with van der Waals surface area (Å²) in [5.41, 5.74) is 1.91. The van der Waals surface area contributed by atoms with E-state index >= 15 is 0 Å². The highest BCUT2D eigenvalue weighted by Crippen LogP contribution is 2.16. The van der Waals surface area contributed by atoms with Gasteiger partial charge in [0.05, 0.1) is 6.54 Å². The van der Waals surface area contributed by atoms with Gasteiger partial charge in [0.25, 0.3) is 0 Å². The lowest BCUT2D eigenvalue weighted by Crippen LogP contribution is -2.40. The van der Waals surface area contributed by atoms with Crippen LogP contribution in [0.4, 0.5) is 5.82 Å². The Kier molecular flexibility index (Phi) is 7.13. The Hall–Kier alpha value is -3.45. The minimum absolute atomic E-state index is 0.0135. The Morgan fingerprint density at radius 3 is 2.38 bits per heavy atom. The van der Waals surface area contributed by atoms with E-state index in [2.05, 4.69) is 21.1 Å². The molecule has 2 amide bonds. The van der Waals surface area contributed by atoms with E-state index in [0.29, 0.717) is 18.1 Å². The van der Waals surface area contributed by atoms with Crippen LogP contribution in [-0.2, 0) is 16.0 Å². The number of hydrogen-bond acceptors (Lipinski definition) is 5. The SMILES string of the molecule is Cc1cc(NC(=O)C(NCC(=O)NCCc2ccccc2)c2ccccc2)no1. The molecule has 0 aliphatic rings. The smallest absolute Gasteiger partial charge is 0.247 e. The fourth-order valence-corrected chi connectivity index (χ4v) is 2.88. The first kappa shape index (κ1) is 20.3. The van der Waals surface area contributed by atoms with Crippen molar-refractivity contribution in [2.45, 2.75) is 19.4 Å². The Morgan fingerprint density at radius 1 is 1.03 bits per heavy atom. The number of aromatic nitrogens is 1. The van der Waals surface area contributed by atoms with Crippen molar-refractivity contribution >= 4 is 17.6 Å². The molecule has 0 aliphatic heterocycles. The molecule has 0 aliphatic carbocycles. The summed E-state index contributed by atoms with van der Waals surface area (Å²) in [4.78, 5) is 25.0. The van der Waals surface area contributed by atoms with Gasteiger partial charge >= 0.3 is 0 Å². The standard InChI is InChI=1S/C22H24N4O3/c1-16-14-19(26-29-16)25-22(28)21(18-10-6-3-7-11-18)24-15-20(27)23-13-12-17-8-4-2-5-9-17/h2-11,14,21,24H,12-13,15H2,1H3,(H,23,27)(H,25,26,28). The molecule has 1 atom stereocenters. The molecule has 7 heteroatoms. The van der Waals surface area contributed by atoms with E-state index < -0.39 is 6.04 Å². The number of hydrogen-bond donors (Lipinski definition) is 3. The second-order valence-corrected chi connectivity index (χ2v) is 6.62. The third-order valence-electron chi connectivity index (χ3n) is 4.32. The van der Waals surface area contributed by atoms with E-state index in [-0.39, 0.29) is 18.4 Å². The molecule has 1 unspecified atom stereocenters. The maximum absolute atomic E-state index is 12.7. The number of amides is 2. The van der Waals surface area contributed by atoms with Gasteiger partial charge in [0.2, 0.25) is 11.8 Å². The van der Waals surface area contributed by atoms with Crippen LogP contribution in [0, 0.1) is 6.92 Å². The molecular weight excluding hydrogens is 368 g/mol. The van der Waals surface area contributed by atoms with Gasteiger partial charge in [-0.3, -0.25) is 14.9 Å². The number of anilines is 1. The minimum atomic E-state index is -0.701. The molecule has 0 fully saturated rings. The normalized spacial score (nSPS) is 11.6. The summed E-state index contributed by atoms with van der Waals surface area (Å²) in [5, 5.41) is 12.4. The van der Waals surface area contributed by atoms with Gasteiger partial charge in [0.15, 0.2) is 5.82 Å². The van der Waals surface area contributed by atoms with Gasteiger partial charge in [-0.1, -0.05) is 65.8 Å². The number of carbonyl (C=O) groups is 2. The van der Waals surface area contributed by atoms with Gasteiger partial charge in [-0.15, -0.1) is 0 Å². The molecule has 0 radical (unpaired) electrons. The van der Waals surface area contributed by atoms with Crippen LogP contribution < -0.4 is 16.0 Å². The van der Waals surface area contributed by atoms with E-state index in [0.717, 1.165) is 17.5 Å². The molecule has 3 N–H and O–H groups in total. The summed E-state index contributed by atoms with van der Waals surface area (Å²) >= 11 is 0. The average molecular weight is 392 g/mol. The molecule has 0 bridgehead atoms. The lowest BCUT2D eigenvalue weighted by atomic mass is 10.1. The zero-order valence-electron chi connectivity index (χ0n) is 16.2. The highest BCUT2D eigenvalue weighted by atomic mass is 16.5. The molecule has 3 rings (SSSR count). The Balaban J connectivity index is 1.55. The zero-order valence-corrected chi connectivity index (χ0v) is 16.2. The summed E-state index contributed by atoms with van der Waals surface area (Å²) in [6.45, 7) is 2.29. The zero-order chi connectivity index (χ0) is 20.5. The van der Waals surface area contributed by atoms with Crippen LogP contribution in [0.5, 0.6) is 0 Å². The largest absolute Gasteiger partial charge is 0.360 e. The Bertz CT molecular complexity index is 926. The van der Waals surface area contributed by atoms with Crippen LogP contribution in [0.15, 0.2) is 71.3 Å². The third kappa shape index (κ3) is 6.29. The Labute approximate surface area is 169 Å². The molecule has 0 saturated carbocycles. The highest BCUT2D eigenvalue weighted by Gasteiger charge is 2.22. The van der Waals surface area contributed by atoms with Crippen molar-refractivity contribution < 1.29 is 14.1 Å². The number of nitrogens with one attached hydrogen (secondary N) is 3. The van der Waals surface area contributed by atoms with Crippen LogP contribution >= 0.6 is 0 Å². The van der Waals surface area contributed by atoms with Gasteiger partial charge in [-0.05, 0) is 24.5 Å². The number of rotatable bonds is 9. The molecule has 150 valence electrons. The molecule has 3 aromatic rings. The van der Waals surface area contributed by atoms with Gasteiger partial charge in [0.1, 0.15) is 11.8 Å². The summed E-state index contributed by atoms with van der Waals surface area (Å²) in [6, 6.07) is 20.1. The van der Waals surface area contributed by atoms with E-state index in [1.165, 1.54) is 0 Å². The first-order chi connectivity index (χ1) is 14.1. The van der Waals surface area contributed by atoms with E-state index in [1.807, 2.05) is 60.7 Å². The summed E-state index contributed by atoms with van der Waals surface area (Å²) < 4.78 is 4.98. The minimum Gasteiger partial charge on any atom is -0.360 e. The second kappa shape index (κ2) is 10.2. The van der Waals surface area contributed by atoms with Crippen LogP contribution in [0.1, 0.15) is 22.9 Å². The summed E-state index contributed by atoms with van der Waals surface area (Å²) in [5.74, 6) is 0.443. The monoisotopic (exact) mass is 392 g/mol. The molecular formula is C22H24N4O3. The first-order valence-electron chi connectivity index (χ1n) is 9.45. The molecule has 0 saturated heterocycles. The van der Waals surface area contributed by atoms with Crippen molar-refractivity contribution in [3.63, 3.8) is 0 Å². The summed E-state index contributed by atoms with van der Waals surface area (Å²) in [6.07, 6.45) is 0.751. The fraction of sp³-hybridized carbons (Fsp3) is 0.227. The molecule has 7 nitrogen and oxygen atoms in total. The lowest BCUT2D eigenvalue weighted by Gasteiger charge is -2.18. The second-order valence-electron chi connectivity index (χ2n) is 6.62. The average Bonchev–Trinajstić information content (AvgIpc) is 3.14. The molecule has 1 heterocycles. The van der Waals surface area contributed by atoms with Gasteiger partial charge in [-0.2, -0.15) is 0 Å². The van der Waals surface area contributed by atoms with Crippen LogP contribution in [0.25, 0.3) is 0 Å². The van der Waals surface area contributed by atoms with Crippen molar-refractivity contribution in [2.75, 3.05) is 18.4 Å². The maximum Gasteiger partial charge on any atom is 0.247 e. The van der Waals surface area contributed by atoms with E-state index in [1.54, 1.807) is 13.0 Å². The van der Waals surface area contributed by atoms with Gasteiger partial charge in [0, 0.05) is 12.6 Å². The number of carbonyl (C=O) groups excluding carboxylic acids is 2. The number of nitrogens with zero attached hydrogens (tertiary/aromatic N) is 1. The third-order valence-corrected chi connectivity index (χ3v) is 4.32. The van der Waals surface area contributed by atoms with Crippen LogP contribution in [0.2, 0.25) is 0 Å². The van der Waals surface area contributed by atoms with Crippen molar-refractivity contribution in [3.05, 3.63) is 83.6 Å². The fourth-order valence-electron chi connectivity index (χ4n) is 2.88. The van der Waals surface area contributed by atoms with Crippen molar-refractivity contribution in [1.29, 1.82) is 0 Å². The van der Waals surface area contributed by atoms with Crippen molar-refractivity contribution in [2.24, 2.45) is 0 Å². The predicted molar refractivity (Wildman–Crippen MR) is 110 cm³/mol. The summed E-state index contributed by atoms with van der Waals surface area (Å²) in [7, 11) is 0. The number of aryl methyl sites for hydroxylation is 1. The highest BCUT2D eigenvalue weighted by molar-refractivity contribution is 5.95. The number of benzene rings is 2. The predicted octanol–water partition coefficient (Wildman–Crippen LogP) is 2.61. The van der Waals surface area contributed by atoms with Gasteiger partial charge < -0.3 is 15.2 Å². The molecule has 2 aromatic carbocycles. The lowest BCUT2D eigenvalue weighted by molar-refractivity contribution is -0.121. The molecule has 0 spiro atoms. The van der Waals surface area contributed by atoms with E-state index in [9.17, 15) is 9.59 Å². The Morgan fingerprint density at radius 2 is 1.72 bits per heavy atom. The topological polar surface area (TPSA) is 96.3 Å². The quantitative estimate of drug-likeness (QED) is 0.520. The van der Waals surface area contributed by atoms with Crippen LogP contribution in [0.3, 0.4) is 0 Å². The first-order valence-corrected chi connectivity index (χ1v) is 9.45. The van der Waals surface area contributed by atoms with Crippen molar-refractivity contribution in [1.82, 2.24) is 15.8 Å². The van der Waals surface area contributed by atoms with Crippen LogP contribution in [-0.4, -0.2) is 30.1 Å². The molecule has 1 aromatic heterocycles. The molecule has 29 heavy (non-hydrogen) atoms. The van der Waals surface area contributed by atoms with Crippen molar-refractivity contribution in [3.8, 4) is 0 Å².